The quantitative estimate of drug-likeness (QED) is 0.803. The number of benzene rings is 2. The van der Waals surface area contributed by atoms with Gasteiger partial charge in [-0.2, -0.15) is 0 Å². The number of hydrogen-bond donors (Lipinski definition) is 2. The molecular formula is C15H13ClFNO. The summed E-state index contributed by atoms with van der Waals surface area (Å²) in [6.45, 7) is 0. The molecule has 0 radical (unpaired) electrons. The Morgan fingerprint density at radius 3 is 2.84 bits per heavy atom. The number of hydrogen-bond acceptors (Lipinski definition) is 2. The van der Waals surface area contributed by atoms with Gasteiger partial charge in [-0.3, -0.25) is 0 Å². The second-order valence-corrected chi connectivity index (χ2v) is 5.15. The van der Waals surface area contributed by atoms with Crippen molar-refractivity contribution in [1.82, 2.24) is 0 Å². The zero-order valence-corrected chi connectivity index (χ0v) is 10.9. The van der Waals surface area contributed by atoms with E-state index in [0.29, 0.717) is 5.02 Å². The van der Waals surface area contributed by atoms with Crippen molar-refractivity contribution in [3.05, 3.63) is 58.4 Å². The average Bonchev–Trinajstić information content (AvgIpc) is 2.76. The van der Waals surface area contributed by atoms with Crippen LogP contribution in [0.15, 0.2) is 36.4 Å². The summed E-state index contributed by atoms with van der Waals surface area (Å²) < 4.78 is 13.1. The SMILES string of the molecule is Oc1ccc(NC2CCc3cc(F)ccc32)cc1Cl. The first-order valence-electron chi connectivity index (χ1n) is 6.17. The van der Waals surface area contributed by atoms with Crippen LogP contribution in [0.2, 0.25) is 5.02 Å². The third-order valence-corrected chi connectivity index (χ3v) is 3.77. The summed E-state index contributed by atoms with van der Waals surface area (Å²) in [6.07, 6.45) is 1.80. The highest BCUT2D eigenvalue weighted by molar-refractivity contribution is 6.32. The Hall–Kier alpha value is -1.74. The van der Waals surface area contributed by atoms with Crippen molar-refractivity contribution in [2.75, 3.05) is 5.32 Å². The predicted octanol–water partition coefficient (Wildman–Crippen LogP) is 4.28. The second kappa shape index (κ2) is 4.74. The molecule has 0 aromatic heterocycles. The zero-order valence-electron chi connectivity index (χ0n) is 10.2. The topological polar surface area (TPSA) is 32.3 Å². The molecule has 2 nitrogen and oxygen atoms in total. The first kappa shape index (κ1) is 12.3. The fourth-order valence-corrected chi connectivity index (χ4v) is 2.71. The summed E-state index contributed by atoms with van der Waals surface area (Å²) in [7, 11) is 0. The highest BCUT2D eigenvalue weighted by Crippen LogP contribution is 2.35. The van der Waals surface area contributed by atoms with E-state index < -0.39 is 0 Å². The van der Waals surface area contributed by atoms with Gasteiger partial charge >= 0.3 is 0 Å². The minimum absolute atomic E-state index is 0.0705. The van der Waals surface area contributed by atoms with Gasteiger partial charge in [0.15, 0.2) is 0 Å². The summed E-state index contributed by atoms with van der Waals surface area (Å²) >= 11 is 5.88. The highest BCUT2D eigenvalue weighted by Gasteiger charge is 2.22. The molecule has 2 N–H and O–H groups in total. The Bertz CT molecular complexity index is 630. The third kappa shape index (κ3) is 2.38. The van der Waals surface area contributed by atoms with Gasteiger partial charge in [0, 0.05) is 5.69 Å². The van der Waals surface area contributed by atoms with Crippen LogP contribution in [0.4, 0.5) is 10.1 Å². The summed E-state index contributed by atoms with van der Waals surface area (Å²) in [5, 5.41) is 13.1. The molecule has 2 aromatic rings. The van der Waals surface area contributed by atoms with Gasteiger partial charge in [0.2, 0.25) is 0 Å². The van der Waals surface area contributed by atoms with Crippen LogP contribution in [-0.4, -0.2) is 5.11 Å². The number of halogens is 2. The number of phenols is 1. The van der Waals surface area contributed by atoms with E-state index in [0.717, 1.165) is 29.7 Å². The maximum atomic E-state index is 13.1. The molecule has 3 rings (SSSR count). The van der Waals surface area contributed by atoms with Gasteiger partial charge in [0.1, 0.15) is 11.6 Å². The van der Waals surface area contributed by atoms with Crippen molar-refractivity contribution >= 4 is 17.3 Å². The Balaban J connectivity index is 1.84. The maximum Gasteiger partial charge on any atom is 0.134 e. The number of aromatic hydroxyl groups is 1. The molecule has 19 heavy (non-hydrogen) atoms. The molecule has 1 atom stereocenters. The van der Waals surface area contributed by atoms with Crippen LogP contribution in [0.3, 0.4) is 0 Å². The summed E-state index contributed by atoms with van der Waals surface area (Å²) in [5.41, 5.74) is 3.04. The van der Waals surface area contributed by atoms with E-state index in [1.807, 2.05) is 6.07 Å². The summed E-state index contributed by atoms with van der Waals surface area (Å²) in [4.78, 5) is 0. The van der Waals surface area contributed by atoms with Crippen molar-refractivity contribution in [3.63, 3.8) is 0 Å². The Morgan fingerprint density at radius 1 is 1.21 bits per heavy atom. The van der Waals surface area contributed by atoms with Crippen LogP contribution >= 0.6 is 11.6 Å². The maximum absolute atomic E-state index is 13.1. The van der Waals surface area contributed by atoms with Gasteiger partial charge in [-0.05, 0) is 54.3 Å². The lowest BCUT2D eigenvalue weighted by atomic mass is 10.1. The molecule has 1 aliphatic carbocycles. The Morgan fingerprint density at radius 2 is 2.05 bits per heavy atom. The van der Waals surface area contributed by atoms with Gasteiger partial charge < -0.3 is 10.4 Å². The van der Waals surface area contributed by atoms with Crippen molar-refractivity contribution in [1.29, 1.82) is 0 Å². The van der Waals surface area contributed by atoms with E-state index in [2.05, 4.69) is 5.32 Å². The molecule has 0 saturated carbocycles. The second-order valence-electron chi connectivity index (χ2n) is 4.74. The van der Waals surface area contributed by atoms with Crippen LogP contribution in [0, 0.1) is 5.82 Å². The fraction of sp³-hybridized carbons (Fsp3) is 0.200. The molecule has 0 heterocycles. The fourth-order valence-electron chi connectivity index (χ4n) is 2.53. The Labute approximate surface area is 115 Å². The number of rotatable bonds is 2. The van der Waals surface area contributed by atoms with Gasteiger partial charge in [-0.1, -0.05) is 17.7 Å². The lowest BCUT2D eigenvalue weighted by Crippen LogP contribution is -2.06. The van der Waals surface area contributed by atoms with E-state index in [9.17, 15) is 9.50 Å². The van der Waals surface area contributed by atoms with Crippen molar-refractivity contribution in [2.45, 2.75) is 18.9 Å². The van der Waals surface area contributed by atoms with Crippen molar-refractivity contribution < 1.29 is 9.50 Å². The first-order valence-corrected chi connectivity index (χ1v) is 6.54. The van der Waals surface area contributed by atoms with E-state index in [1.165, 1.54) is 6.07 Å². The number of phenolic OH excluding ortho intramolecular Hbond substituents is 1. The van der Waals surface area contributed by atoms with Crippen LogP contribution in [0.1, 0.15) is 23.6 Å². The number of aryl methyl sites for hydroxylation is 1. The van der Waals surface area contributed by atoms with Gasteiger partial charge in [-0.15, -0.1) is 0 Å². The normalized spacial score (nSPS) is 17.3. The van der Waals surface area contributed by atoms with Crippen molar-refractivity contribution in [2.24, 2.45) is 0 Å². The van der Waals surface area contributed by atoms with Crippen LogP contribution < -0.4 is 5.32 Å². The molecule has 98 valence electrons. The van der Waals surface area contributed by atoms with E-state index >= 15 is 0 Å². The molecule has 1 aliphatic rings. The molecule has 1 unspecified atom stereocenters. The largest absolute Gasteiger partial charge is 0.506 e. The smallest absolute Gasteiger partial charge is 0.134 e. The number of fused-ring (bicyclic) bond motifs is 1. The summed E-state index contributed by atoms with van der Waals surface area (Å²) in [6, 6.07) is 10.1. The lowest BCUT2D eigenvalue weighted by Gasteiger charge is -2.16. The summed E-state index contributed by atoms with van der Waals surface area (Å²) in [5.74, 6) is -0.117. The highest BCUT2D eigenvalue weighted by atomic mass is 35.5. The molecule has 4 heteroatoms. The molecule has 0 amide bonds. The zero-order chi connectivity index (χ0) is 13.4. The molecule has 0 aliphatic heterocycles. The lowest BCUT2D eigenvalue weighted by molar-refractivity contribution is 0.475. The number of nitrogens with one attached hydrogen (secondary N) is 1. The predicted molar refractivity (Wildman–Crippen MR) is 74.2 cm³/mol. The van der Waals surface area contributed by atoms with Gasteiger partial charge in [0.05, 0.1) is 11.1 Å². The first-order chi connectivity index (χ1) is 9.13. The van der Waals surface area contributed by atoms with Crippen LogP contribution in [0.25, 0.3) is 0 Å². The van der Waals surface area contributed by atoms with E-state index in [1.54, 1.807) is 24.3 Å². The van der Waals surface area contributed by atoms with Crippen molar-refractivity contribution in [3.8, 4) is 5.75 Å². The molecule has 2 aromatic carbocycles. The van der Waals surface area contributed by atoms with E-state index in [-0.39, 0.29) is 17.6 Å². The molecule has 0 bridgehead atoms. The number of anilines is 1. The van der Waals surface area contributed by atoms with Gasteiger partial charge in [0.25, 0.3) is 0 Å². The standard InChI is InChI=1S/C15H13ClFNO/c16-13-8-11(3-6-15(13)19)18-14-5-1-9-7-10(17)2-4-12(9)14/h2-4,6-8,14,18-19H,1,5H2. The van der Waals surface area contributed by atoms with Crippen LogP contribution in [0.5, 0.6) is 5.75 Å². The van der Waals surface area contributed by atoms with Crippen LogP contribution in [-0.2, 0) is 6.42 Å². The van der Waals surface area contributed by atoms with E-state index in [4.69, 9.17) is 11.6 Å². The molecule has 0 saturated heterocycles. The Kier molecular flexibility index (Phi) is 3.07. The minimum atomic E-state index is -0.188. The average molecular weight is 278 g/mol. The molecule has 0 spiro atoms. The third-order valence-electron chi connectivity index (χ3n) is 3.47. The molecule has 0 fully saturated rings. The minimum Gasteiger partial charge on any atom is -0.506 e. The van der Waals surface area contributed by atoms with Gasteiger partial charge in [-0.25, -0.2) is 4.39 Å². The molecular weight excluding hydrogens is 265 g/mol. The monoisotopic (exact) mass is 277 g/mol.